The van der Waals surface area contributed by atoms with E-state index in [0.29, 0.717) is 5.54 Å². The topological polar surface area (TPSA) is 66.1 Å². The van der Waals surface area contributed by atoms with Gasteiger partial charge >= 0.3 is 0 Å². The van der Waals surface area contributed by atoms with E-state index >= 15 is 0 Å². The summed E-state index contributed by atoms with van der Waals surface area (Å²) in [5.74, 6) is 0. The number of nitrogens with one attached hydrogen (secondary N) is 2. The lowest BCUT2D eigenvalue weighted by molar-refractivity contribution is 0.214. The van der Waals surface area contributed by atoms with E-state index in [1.54, 1.807) is 18.4 Å². The number of rotatable bonds is 5. The summed E-state index contributed by atoms with van der Waals surface area (Å²) in [5, 5.41) is 6.03. The molecule has 6 nitrogen and oxygen atoms in total. The first-order valence-corrected chi connectivity index (χ1v) is 16.2. The zero-order valence-corrected chi connectivity index (χ0v) is 21.9. The van der Waals surface area contributed by atoms with Crippen molar-refractivity contribution in [3.05, 3.63) is 29.5 Å². The van der Waals surface area contributed by atoms with Crippen LogP contribution in [0.5, 0.6) is 0 Å². The van der Waals surface area contributed by atoms with Crippen LogP contribution in [-0.4, -0.2) is 61.9 Å². The molecule has 0 aromatic carbocycles. The van der Waals surface area contributed by atoms with Crippen LogP contribution in [0.15, 0.2) is 24.7 Å². The molecule has 0 radical (unpaired) electrons. The molecule has 32 heavy (non-hydrogen) atoms. The first kappa shape index (κ1) is 23.4. The second-order valence-electron chi connectivity index (χ2n) is 10.3. The van der Waals surface area contributed by atoms with Crippen LogP contribution in [-0.2, 0) is 4.74 Å². The SMILES string of the molecule is COCC[Si](C)(C)C.Cc1cnc(-c2c[nH]c3nccc(N4CCC5(CCCN5)C4)c23)s1. The number of fused-ring (bicyclic) bond motifs is 1. The maximum absolute atomic E-state index is 4.95. The maximum Gasteiger partial charge on any atom is 0.140 e. The summed E-state index contributed by atoms with van der Waals surface area (Å²) < 4.78 is 4.95. The van der Waals surface area contributed by atoms with Gasteiger partial charge in [0, 0.05) is 69.5 Å². The Labute approximate surface area is 196 Å². The molecule has 174 valence electrons. The lowest BCUT2D eigenvalue weighted by Crippen LogP contribution is -2.42. The van der Waals surface area contributed by atoms with Gasteiger partial charge in [-0.1, -0.05) is 19.6 Å². The quantitative estimate of drug-likeness (QED) is 0.495. The molecule has 2 N–H and O–H groups in total. The second-order valence-corrected chi connectivity index (χ2v) is 17.2. The van der Waals surface area contributed by atoms with Crippen molar-refractivity contribution in [3.8, 4) is 10.6 Å². The molecule has 8 heteroatoms. The van der Waals surface area contributed by atoms with Crippen molar-refractivity contribution >= 4 is 36.1 Å². The highest BCUT2D eigenvalue weighted by Gasteiger charge is 2.40. The number of nitrogens with zero attached hydrogens (tertiary/aromatic N) is 3. The Kier molecular flexibility index (Phi) is 7.05. The zero-order valence-electron chi connectivity index (χ0n) is 20.1. The zero-order chi connectivity index (χ0) is 22.8. The number of methoxy groups -OCH3 is 1. The molecular formula is C24H37N5OSSi. The van der Waals surface area contributed by atoms with Crippen LogP contribution >= 0.6 is 11.3 Å². The van der Waals surface area contributed by atoms with Crippen LogP contribution in [0.1, 0.15) is 24.1 Å². The molecule has 5 rings (SSSR count). The van der Waals surface area contributed by atoms with Crippen molar-refractivity contribution in [2.24, 2.45) is 0 Å². The molecule has 2 aliphatic rings. The number of aromatic nitrogens is 3. The molecule has 0 saturated carbocycles. The minimum Gasteiger partial charge on any atom is -0.385 e. The molecule has 1 atom stereocenters. The lowest BCUT2D eigenvalue weighted by Gasteiger charge is -2.25. The van der Waals surface area contributed by atoms with E-state index in [9.17, 15) is 0 Å². The van der Waals surface area contributed by atoms with Gasteiger partial charge in [0.1, 0.15) is 10.7 Å². The van der Waals surface area contributed by atoms with Gasteiger partial charge in [0.15, 0.2) is 0 Å². The lowest BCUT2D eigenvalue weighted by atomic mass is 9.97. The smallest absolute Gasteiger partial charge is 0.140 e. The van der Waals surface area contributed by atoms with Crippen molar-refractivity contribution in [2.75, 3.05) is 38.3 Å². The van der Waals surface area contributed by atoms with E-state index < -0.39 is 8.07 Å². The van der Waals surface area contributed by atoms with Gasteiger partial charge in [-0.3, -0.25) is 0 Å². The normalized spacial score (nSPS) is 20.8. The number of ether oxygens (including phenoxy) is 1. The Morgan fingerprint density at radius 3 is 2.72 bits per heavy atom. The Morgan fingerprint density at radius 1 is 1.25 bits per heavy atom. The molecule has 2 aliphatic heterocycles. The highest BCUT2D eigenvalue weighted by Crippen LogP contribution is 2.40. The minimum absolute atomic E-state index is 0.323. The molecule has 3 aromatic heterocycles. The highest BCUT2D eigenvalue weighted by molar-refractivity contribution is 7.15. The predicted octanol–water partition coefficient (Wildman–Crippen LogP) is 5.30. The summed E-state index contributed by atoms with van der Waals surface area (Å²) in [6, 6.07) is 3.44. The molecule has 1 unspecified atom stereocenters. The van der Waals surface area contributed by atoms with E-state index in [4.69, 9.17) is 4.74 Å². The van der Waals surface area contributed by atoms with Crippen LogP contribution < -0.4 is 10.2 Å². The molecule has 1 spiro atoms. The van der Waals surface area contributed by atoms with Crippen molar-refractivity contribution in [1.29, 1.82) is 0 Å². The van der Waals surface area contributed by atoms with E-state index in [1.807, 2.05) is 12.4 Å². The van der Waals surface area contributed by atoms with Gasteiger partial charge < -0.3 is 19.9 Å². The van der Waals surface area contributed by atoms with Crippen LogP contribution in [0.4, 0.5) is 5.69 Å². The number of pyridine rings is 1. The third kappa shape index (κ3) is 5.25. The molecule has 2 saturated heterocycles. The van der Waals surface area contributed by atoms with Crippen LogP contribution in [0, 0.1) is 6.92 Å². The summed E-state index contributed by atoms with van der Waals surface area (Å²) in [7, 11) is 0.961. The van der Waals surface area contributed by atoms with Crippen LogP contribution in [0.25, 0.3) is 21.6 Å². The van der Waals surface area contributed by atoms with Gasteiger partial charge in [-0.25, -0.2) is 9.97 Å². The van der Waals surface area contributed by atoms with E-state index in [0.717, 1.165) is 36.9 Å². The number of hydrogen-bond donors (Lipinski definition) is 2. The molecule has 2 fully saturated rings. The molecule has 0 bridgehead atoms. The Bertz CT molecular complexity index is 1030. The third-order valence-corrected chi connectivity index (χ3v) is 9.14. The first-order chi connectivity index (χ1) is 15.3. The number of hydrogen-bond acceptors (Lipinski definition) is 6. The van der Waals surface area contributed by atoms with E-state index in [1.165, 1.54) is 46.8 Å². The average molecular weight is 472 g/mol. The summed E-state index contributed by atoms with van der Waals surface area (Å²) in [4.78, 5) is 16.2. The van der Waals surface area contributed by atoms with Crippen LogP contribution in [0.3, 0.4) is 0 Å². The largest absolute Gasteiger partial charge is 0.385 e. The number of aromatic amines is 1. The summed E-state index contributed by atoms with van der Waals surface area (Å²) in [6.07, 6.45) is 9.74. The Hall–Kier alpha value is -1.74. The summed E-state index contributed by atoms with van der Waals surface area (Å²) in [5.41, 5.74) is 3.74. The van der Waals surface area contributed by atoms with E-state index in [2.05, 4.69) is 64.0 Å². The van der Waals surface area contributed by atoms with Gasteiger partial charge in [0.2, 0.25) is 0 Å². The third-order valence-electron chi connectivity index (χ3n) is 6.49. The highest BCUT2D eigenvalue weighted by atomic mass is 32.1. The Balaban J connectivity index is 0.000000265. The van der Waals surface area contributed by atoms with Gasteiger partial charge in [-0.05, 0) is 44.8 Å². The van der Waals surface area contributed by atoms with Gasteiger partial charge in [-0.15, -0.1) is 11.3 Å². The molecule has 0 aliphatic carbocycles. The molecule has 3 aromatic rings. The fourth-order valence-corrected chi connectivity index (χ4v) is 6.26. The summed E-state index contributed by atoms with van der Waals surface area (Å²) >= 11 is 1.74. The van der Waals surface area contributed by atoms with Gasteiger partial charge in [0.05, 0.1) is 11.1 Å². The number of thiazole rings is 1. The fraction of sp³-hybridized carbons (Fsp3) is 0.583. The monoisotopic (exact) mass is 471 g/mol. The van der Waals surface area contributed by atoms with Crippen molar-refractivity contribution in [3.63, 3.8) is 0 Å². The number of H-pyrrole nitrogens is 1. The van der Waals surface area contributed by atoms with E-state index in [-0.39, 0.29) is 0 Å². The fourth-order valence-electron chi connectivity index (χ4n) is 4.65. The second kappa shape index (κ2) is 9.63. The average Bonchev–Trinajstić information content (AvgIpc) is 3.54. The number of anilines is 1. The first-order valence-electron chi connectivity index (χ1n) is 11.7. The summed E-state index contributed by atoms with van der Waals surface area (Å²) in [6.45, 7) is 13.5. The minimum atomic E-state index is -0.803. The van der Waals surface area contributed by atoms with Crippen molar-refractivity contribution in [1.82, 2.24) is 20.3 Å². The number of aryl methyl sites for hydroxylation is 1. The maximum atomic E-state index is 4.95. The van der Waals surface area contributed by atoms with Gasteiger partial charge in [0.25, 0.3) is 0 Å². The Morgan fingerprint density at radius 2 is 2.09 bits per heavy atom. The van der Waals surface area contributed by atoms with Crippen molar-refractivity contribution in [2.45, 2.75) is 57.4 Å². The van der Waals surface area contributed by atoms with Crippen LogP contribution in [0.2, 0.25) is 25.7 Å². The molecular weight excluding hydrogens is 434 g/mol. The predicted molar refractivity (Wildman–Crippen MR) is 139 cm³/mol. The van der Waals surface area contributed by atoms with Crippen molar-refractivity contribution < 1.29 is 4.74 Å². The molecule has 0 amide bonds. The standard InChI is InChI=1S/C18H21N5S.C6H16OSi/c1-12-9-21-17(24-12)13-10-20-16-15(13)14(3-7-19-16)23-8-5-18(11-23)4-2-6-22-18;1-7-5-6-8(2,3)4/h3,7,9-10,22H,2,4-6,8,11H2,1H3,(H,19,20);5-6H2,1-4H3. The molecule has 5 heterocycles. The van der Waals surface area contributed by atoms with Gasteiger partial charge in [-0.2, -0.15) is 0 Å².